The minimum Gasteiger partial charge on any atom is -0.335 e. The molecule has 3 rings (SSSR count). The van der Waals surface area contributed by atoms with Crippen LogP contribution in [-0.2, 0) is 11.9 Å². The van der Waals surface area contributed by atoms with Crippen LogP contribution < -0.4 is 5.84 Å². The number of nitrogen functional groups attached to an aromatic ring is 1. The molecule has 24 heavy (non-hydrogen) atoms. The Morgan fingerprint density at radius 3 is 2.62 bits per heavy atom. The summed E-state index contributed by atoms with van der Waals surface area (Å²) in [7, 11) is 0. The lowest BCUT2D eigenvalue weighted by molar-refractivity contribution is -0.146. The van der Waals surface area contributed by atoms with Crippen LogP contribution in [0.3, 0.4) is 0 Å². The van der Waals surface area contributed by atoms with E-state index in [1.165, 1.54) is 0 Å². The minimum absolute atomic E-state index is 0.0639. The van der Waals surface area contributed by atoms with E-state index < -0.39 is 12.0 Å². The fourth-order valence-corrected chi connectivity index (χ4v) is 3.30. The molecule has 0 aliphatic heterocycles. The molecule has 0 fully saturated rings. The van der Waals surface area contributed by atoms with Crippen LogP contribution in [0.5, 0.6) is 0 Å². The predicted molar refractivity (Wildman–Crippen MR) is 86.2 cm³/mol. The molecule has 2 heterocycles. The molecule has 1 aromatic carbocycles. The van der Waals surface area contributed by atoms with E-state index in [4.69, 9.17) is 17.4 Å². The molecule has 0 radical (unpaired) electrons. The number of hydrogen-bond acceptors (Lipinski definition) is 5. The maximum atomic E-state index is 12.7. The number of rotatable bonds is 3. The normalized spacial score (nSPS) is 12.0. The van der Waals surface area contributed by atoms with Crippen molar-refractivity contribution in [2.45, 2.75) is 24.0 Å². The van der Waals surface area contributed by atoms with Gasteiger partial charge in [0.2, 0.25) is 5.16 Å². The van der Waals surface area contributed by atoms with E-state index in [1.807, 2.05) is 31.2 Å². The molecular weight excluding hydrogens is 363 g/mol. The Bertz CT molecular complexity index is 909. The molecule has 0 aliphatic carbocycles. The third-order valence-electron chi connectivity index (χ3n) is 3.40. The molecule has 0 amide bonds. The number of benzene rings is 1. The first kappa shape index (κ1) is 16.8. The quantitative estimate of drug-likeness (QED) is 0.558. The Hall–Kier alpha value is -2.00. The van der Waals surface area contributed by atoms with Gasteiger partial charge in [-0.3, -0.25) is 4.98 Å². The lowest BCUT2D eigenvalue weighted by atomic mass is 10.1. The van der Waals surface area contributed by atoms with Gasteiger partial charge in [0.25, 0.3) is 5.82 Å². The molecule has 0 atom stereocenters. The van der Waals surface area contributed by atoms with Crippen LogP contribution in [0.2, 0.25) is 5.02 Å². The highest BCUT2D eigenvalue weighted by molar-refractivity contribution is 7.98. The number of alkyl halides is 3. The van der Waals surface area contributed by atoms with Crippen LogP contribution >= 0.6 is 23.4 Å². The number of pyridine rings is 1. The largest absolute Gasteiger partial charge is 0.453 e. The summed E-state index contributed by atoms with van der Waals surface area (Å²) < 4.78 is 38.4. The standard InChI is InChI=1S/C14H11ClF3N5S/c1-7-8-4-2-3-5-9(8)20-10(11(7)15)6-24-13-22-21-12(23(13)19)14(16,17)18/h2-5H,6,19H2,1H3. The van der Waals surface area contributed by atoms with Crippen LogP contribution in [0.1, 0.15) is 17.1 Å². The van der Waals surface area contributed by atoms with E-state index in [-0.39, 0.29) is 10.9 Å². The SMILES string of the molecule is Cc1c(Cl)c(CSc2nnc(C(F)(F)F)n2N)nc2ccccc12. The third-order valence-corrected chi connectivity index (χ3v) is 4.86. The Labute approximate surface area is 144 Å². The summed E-state index contributed by atoms with van der Waals surface area (Å²) in [4.78, 5) is 4.46. The van der Waals surface area contributed by atoms with Crippen molar-refractivity contribution in [2.24, 2.45) is 0 Å². The smallest absolute Gasteiger partial charge is 0.335 e. The lowest BCUT2D eigenvalue weighted by Crippen LogP contribution is -2.21. The van der Waals surface area contributed by atoms with Crippen LogP contribution in [0, 0.1) is 6.92 Å². The Balaban J connectivity index is 1.89. The summed E-state index contributed by atoms with van der Waals surface area (Å²) in [6.45, 7) is 1.87. The van der Waals surface area contributed by atoms with Gasteiger partial charge in [-0.1, -0.05) is 41.6 Å². The zero-order chi connectivity index (χ0) is 17.5. The van der Waals surface area contributed by atoms with Gasteiger partial charge in [-0.05, 0) is 18.6 Å². The number of aromatic nitrogens is 4. The number of aryl methyl sites for hydroxylation is 1. The monoisotopic (exact) mass is 373 g/mol. The Morgan fingerprint density at radius 1 is 1.25 bits per heavy atom. The van der Waals surface area contributed by atoms with Gasteiger partial charge in [0.15, 0.2) is 0 Å². The Kier molecular flexibility index (Phi) is 4.31. The lowest BCUT2D eigenvalue weighted by Gasteiger charge is -2.10. The molecule has 5 nitrogen and oxygen atoms in total. The number of nitrogens with zero attached hydrogens (tertiary/aromatic N) is 4. The van der Waals surface area contributed by atoms with E-state index in [0.29, 0.717) is 15.4 Å². The Morgan fingerprint density at radius 2 is 1.96 bits per heavy atom. The van der Waals surface area contributed by atoms with Gasteiger partial charge < -0.3 is 5.84 Å². The van der Waals surface area contributed by atoms with Gasteiger partial charge in [0.05, 0.1) is 16.2 Å². The van der Waals surface area contributed by atoms with Crippen molar-refractivity contribution in [3.05, 3.63) is 46.4 Å². The zero-order valence-electron chi connectivity index (χ0n) is 12.3. The molecule has 3 aromatic rings. The summed E-state index contributed by atoms with van der Waals surface area (Å²) in [5.41, 5.74) is 2.18. The predicted octanol–water partition coefficient (Wildman–Crippen LogP) is 3.81. The maximum Gasteiger partial charge on any atom is 0.453 e. The van der Waals surface area contributed by atoms with E-state index >= 15 is 0 Å². The van der Waals surface area contributed by atoms with Gasteiger partial charge in [0.1, 0.15) is 0 Å². The van der Waals surface area contributed by atoms with Crippen molar-refractivity contribution < 1.29 is 13.2 Å². The van der Waals surface area contributed by atoms with Crippen molar-refractivity contribution in [1.82, 2.24) is 19.9 Å². The number of hydrogen-bond donors (Lipinski definition) is 1. The fraction of sp³-hybridized carbons (Fsp3) is 0.214. The molecule has 126 valence electrons. The van der Waals surface area contributed by atoms with Crippen LogP contribution in [0.4, 0.5) is 13.2 Å². The molecule has 0 aliphatic rings. The van der Waals surface area contributed by atoms with Gasteiger partial charge in [-0.2, -0.15) is 13.2 Å². The number of para-hydroxylation sites is 1. The topological polar surface area (TPSA) is 69.6 Å². The van der Waals surface area contributed by atoms with Gasteiger partial charge in [-0.15, -0.1) is 10.2 Å². The second-order valence-electron chi connectivity index (χ2n) is 4.98. The first-order valence-corrected chi connectivity index (χ1v) is 8.09. The molecule has 2 aromatic heterocycles. The molecule has 10 heteroatoms. The second kappa shape index (κ2) is 6.14. The van der Waals surface area contributed by atoms with Crippen LogP contribution in [0.25, 0.3) is 10.9 Å². The molecule has 0 spiro atoms. The summed E-state index contributed by atoms with van der Waals surface area (Å²) in [6, 6.07) is 7.50. The molecular formula is C14H11ClF3N5S. The first-order valence-electron chi connectivity index (χ1n) is 6.73. The second-order valence-corrected chi connectivity index (χ2v) is 6.30. The van der Waals surface area contributed by atoms with Gasteiger partial charge >= 0.3 is 6.18 Å². The van der Waals surface area contributed by atoms with Crippen molar-refractivity contribution in [1.29, 1.82) is 0 Å². The van der Waals surface area contributed by atoms with Gasteiger partial charge in [0, 0.05) is 11.1 Å². The number of halogens is 4. The van der Waals surface area contributed by atoms with Crippen molar-refractivity contribution in [2.75, 3.05) is 5.84 Å². The van der Waals surface area contributed by atoms with E-state index in [0.717, 1.165) is 28.2 Å². The maximum absolute atomic E-state index is 12.7. The summed E-state index contributed by atoms with van der Waals surface area (Å²) in [5.74, 6) is 4.38. The summed E-state index contributed by atoms with van der Waals surface area (Å²) in [5, 5.41) is 7.89. The van der Waals surface area contributed by atoms with Crippen molar-refractivity contribution in [3.63, 3.8) is 0 Å². The first-order chi connectivity index (χ1) is 11.3. The van der Waals surface area contributed by atoms with Crippen LogP contribution in [0.15, 0.2) is 29.4 Å². The molecule has 0 bridgehead atoms. The third kappa shape index (κ3) is 3.01. The van der Waals surface area contributed by atoms with Crippen LogP contribution in [-0.4, -0.2) is 19.9 Å². The fourth-order valence-electron chi connectivity index (χ4n) is 2.21. The van der Waals surface area contributed by atoms with E-state index in [9.17, 15) is 13.2 Å². The van der Waals surface area contributed by atoms with E-state index in [2.05, 4.69) is 15.2 Å². The zero-order valence-corrected chi connectivity index (χ0v) is 13.9. The number of thioether (sulfide) groups is 1. The average molecular weight is 374 g/mol. The number of nitrogens with two attached hydrogens (primary N) is 1. The highest BCUT2D eigenvalue weighted by Gasteiger charge is 2.38. The highest BCUT2D eigenvalue weighted by Crippen LogP contribution is 2.32. The molecule has 0 saturated heterocycles. The number of fused-ring (bicyclic) bond motifs is 1. The molecule has 0 saturated carbocycles. The van der Waals surface area contributed by atoms with Gasteiger partial charge in [-0.25, -0.2) is 4.68 Å². The van der Waals surface area contributed by atoms with E-state index in [1.54, 1.807) is 0 Å². The van der Waals surface area contributed by atoms with Crippen molar-refractivity contribution in [3.8, 4) is 0 Å². The summed E-state index contributed by atoms with van der Waals surface area (Å²) >= 11 is 7.31. The highest BCUT2D eigenvalue weighted by atomic mass is 35.5. The summed E-state index contributed by atoms with van der Waals surface area (Å²) in [6.07, 6.45) is -4.66. The van der Waals surface area contributed by atoms with Crippen molar-refractivity contribution >= 4 is 34.3 Å². The molecule has 0 unspecified atom stereocenters. The average Bonchev–Trinajstić information content (AvgIpc) is 2.90. The minimum atomic E-state index is -4.66. The molecule has 2 N–H and O–H groups in total.